The third kappa shape index (κ3) is 4.57. The molecule has 4 nitrogen and oxygen atoms in total. The van der Waals surface area contributed by atoms with Crippen LogP contribution in [0.3, 0.4) is 0 Å². The first-order valence-corrected chi connectivity index (χ1v) is 10.1. The fourth-order valence-corrected chi connectivity index (χ4v) is 3.99. The molecule has 0 aromatic heterocycles. The van der Waals surface area contributed by atoms with Crippen molar-refractivity contribution in [2.75, 3.05) is 13.2 Å². The number of hydrogen-bond acceptors (Lipinski definition) is 3. The Balaban J connectivity index is 1.80. The van der Waals surface area contributed by atoms with Crippen LogP contribution >= 0.6 is 0 Å². The Kier molecular flexibility index (Phi) is 6.83. The van der Waals surface area contributed by atoms with Gasteiger partial charge in [-0.3, -0.25) is 4.79 Å². The van der Waals surface area contributed by atoms with E-state index in [2.05, 4.69) is 29.6 Å². The second-order valence-corrected chi connectivity index (χ2v) is 7.79. The molecule has 1 aliphatic heterocycles. The summed E-state index contributed by atoms with van der Waals surface area (Å²) in [5.41, 5.74) is 2.34. The van der Waals surface area contributed by atoms with Crippen molar-refractivity contribution in [3.05, 3.63) is 77.1 Å². The molecule has 0 radical (unpaired) electrons. The van der Waals surface area contributed by atoms with Crippen molar-refractivity contribution in [3.63, 3.8) is 0 Å². The molecule has 0 bridgehead atoms. The number of aliphatic hydroxyl groups excluding tert-OH is 1. The van der Waals surface area contributed by atoms with Crippen LogP contribution in [-0.4, -0.2) is 47.2 Å². The van der Waals surface area contributed by atoms with E-state index >= 15 is 0 Å². The number of carbonyl (C=O) groups is 1. The highest BCUT2D eigenvalue weighted by atomic mass is 19.1. The Morgan fingerprint density at radius 2 is 1.86 bits per heavy atom. The molecule has 3 atom stereocenters. The lowest BCUT2D eigenvalue weighted by molar-refractivity contribution is 0.0559. The van der Waals surface area contributed by atoms with Crippen LogP contribution in [0.2, 0.25) is 0 Å². The average molecular weight is 397 g/mol. The maximum absolute atomic E-state index is 14.2. The minimum Gasteiger partial charge on any atom is -0.395 e. The molecule has 3 rings (SSSR count). The normalized spacial score (nSPS) is 21.4. The summed E-state index contributed by atoms with van der Waals surface area (Å²) in [6.07, 6.45) is 4.03. The molecule has 0 saturated carbocycles. The van der Waals surface area contributed by atoms with Gasteiger partial charge in [0.25, 0.3) is 5.91 Å². The van der Waals surface area contributed by atoms with E-state index in [0.29, 0.717) is 6.54 Å². The van der Waals surface area contributed by atoms with E-state index in [0.717, 1.165) is 11.1 Å². The quantitative estimate of drug-likeness (QED) is 0.748. The van der Waals surface area contributed by atoms with Crippen molar-refractivity contribution in [3.8, 4) is 0 Å². The van der Waals surface area contributed by atoms with Crippen molar-refractivity contribution in [2.45, 2.75) is 44.8 Å². The Morgan fingerprint density at radius 3 is 2.45 bits per heavy atom. The molecule has 29 heavy (non-hydrogen) atoms. The zero-order chi connectivity index (χ0) is 21.0. The van der Waals surface area contributed by atoms with Crippen molar-refractivity contribution in [2.24, 2.45) is 0 Å². The summed E-state index contributed by atoms with van der Waals surface area (Å²) in [6.45, 7) is 6.32. The zero-order valence-corrected chi connectivity index (χ0v) is 17.2. The van der Waals surface area contributed by atoms with Gasteiger partial charge in [-0.2, -0.15) is 0 Å². The van der Waals surface area contributed by atoms with E-state index in [9.17, 15) is 14.3 Å². The summed E-state index contributed by atoms with van der Waals surface area (Å²) in [5, 5.41) is 13.1. The maximum Gasteiger partial charge on any atom is 0.257 e. The monoisotopic (exact) mass is 396 g/mol. The minimum absolute atomic E-state index is 0.00200. The van der Waals surface area contributed by atoms with Gasteiger partial charge >= 0.3 is 0 Å². The first-order valence-electron chi connectivity index (χ1n) is 10.1. The smallest absolute Gasteiger partial charge is 0.257 e. The Morgan fingerprint density at radius 1 is 1.17 bits per heavy atom. The highest BCUT2D eigenvalue weighted by Gasteiger charge is 2.42. The van der Waals surface area contributed by atoms with Gasteiger partial charge in [0.1, 0.15) is 5.82 Å². The average Bonchev–Trinajstić information content (AvgIpc) is 2.69. The molecule has 1 amide bonds. The van der Waals surface area contributed by atoms with Crippen LogP contribution in [0, 0.1) is 5.82 Å². The lowest BCUT2D eigenvalue weighted by atomic mass is 9.77. The summed E-state index contributed by atoms with van der Waals surface area (Å²) >= 11 is 0. The molecule has 1 heterocycles. The van der Waals surface area contributed by atoms with Gasteiger partial charge in [-0.25, -0.2) is 4.39 Å². The highest BCUT2D eigenvalue weighted by molar-refractivity contribution is 5.94. The molecule has 0 unspecified atom stereocenters. The van der Waals surface area contributed by atoms with Gasteiger partial charge in [-0.05, 0) is 44.0 Å². The number of hydrogen-bond donors (Lipinski definition) is 2. The van der Waals surface area contributed by atoms with Crippen LogP contribution in [-0.2, 0) is 0 Å². The molecule has 0 aliphatic carbocycles. The Labute approximate surface area is 172 Å². The number of carbonyl (C=O) groups excluding carboxylic acids is 1. The number of halogens is 1. The van der Waals surface area contributed by atoms with Crippen LogP contribution in [0.15, 0.2) is 54.6 Å². The number of amides is 1. The van der Waals surface area contributed by atoms with Gasteiger partial charge < -0.3 is 15.3 Å². The standard InChI is InChI=1S/C24H29FN2O2/c1-4-7-17-10-12-18(13-11-17)23-21(26-22(23)15-28)14-27(16(2)3)24(29)19-8-5-6-9-20(19)25/h4-13,16,21-23,26,28H,14-15H2,1-3H3/t21-,22-,23-/m0/s1. The zero-order valence-electron chi connectivity index (χ0n) is 17.2. The first-order chi connectivity index (χ1) is 14.0. The fraction of sp³-hybridized carbons (Fsp3) is 0.375. The number of nitrogens with one attached hydrogen (secondary N) is 1. The summed E-state index contributed by atoms with van der Waals surface area (Å²) in [7, 11) is 0. The molecule has 0 spiro atoms. The van der Waals surface area contributed by atoms with Gasteiger partial charge in [0, 0.05) is 30.6 Å². The van der Waals surface area contributed by atoms with Crippen molar-refractivity contribution >= 4 is 12.0 Å². The second kappa shape index (κ2) is 9.33. The number of rotatable bonds is 7. The maximum atomic E-state index is 14.2. The molecule has 1 fully saturated rings. The van der Waals surface area contributed by atoms with E-state index in [1.165, 1.54) is 12.1 Å². The van der Waals surface area contributed by atoms with Crippen molar-refractivity contribution in [1.29, 1.82) is 0 Å². The lowest BCUT2D eigenvalue weighted by Crippen LogP contribution is -2.65. The topological polar surface area (TPSA) is 52.6 Å². The lowest BCUT2D eigenvalue weighted by Gasteiger charge is -2.48. The van der Waals surface area contributed by atoms with Crippen LogP contribution in [0.25, 0.3) is 6.08 Å². The third-order valence-electron chi connectivity index (χ3n) is 5.55. The molecule has 2 N–H and O–H groups in total. The van der Waals surface area contributed by atoms with E-state index in [-0.39, 0.29) is 42.1 Å². The largest absolute Gasteiger partial charge is 0.395 e. The van der Waals surface area contributed by atoms with Gasteiger partial charge in [-0.1, -0.05) is 48.6 Å². The molecule has 1 saturated heterocycles. The van der Waals surface area contributed by atoms with Gasteiger partial charge in [0.15, 0.2) is 0 Å². The number of benzene rings is 2. The summed E-state index contributed by atoms with van der Waals surface area (Å²) in [5.74, 6) is -0.724. The van der Waals surface area contributed by atoms with Crippen molar-refractivity contribution in [1.82, 2.24) is 10.2 Å². The molecule has 1 aliphatic rings. The van der Waals surface area contributed by atoms with Gasteiger partial charge in [-0.15, -0.1) is 0 Å². The third-order valence-corrected chi connectivity index (χ3v) is 5.55. The Hall–Kier alpha value is -2.50. The molecular formula is C24H29FN2O2. The fourth-order valence-electron chi connectivity index (χ4n) is 3.99. The summed E-state index contributed by atoms with van der Waals surface area (Å²) in [6, 6.07) is 14.2. The molecule has 2 aromatic carbocycles. The molecule has 154 valence electrons. The molecular weight excluding hydrogens is 367 g/mol. The van der Waals surface area contributed by atoms with Crippen molar-refractivity contribution < 1.29 is 14.3 Å². The number of nitrogens with zero attached hydrogens (tertiary/aromatic N) is 1. The molecule has 2 aromatic rings. The predicted molar refractivity (Wildman–Crippen MR) is 114 cm³/mol. The Bertz CT molecular complexity index is 863. The first kappa shape index (κ1) is 21.2. The van der Waals surface area contributed by atoms with Crippen LogP contribution < -0.4 is 5.32 Å². The number of aliphatic hydroxyl groups is 1. The minimum atomic E-state index is -0.505. The van der Waals surface area contributed by atoms with E-state index in [4.69, 9.17) is 0 Å². The molecule has 5 heteroatoms. The van der Waals surface area contributed by atoms with E-state index < -0.39 is 5.82 Å². The van der Waals surface area contributed by atoms with E-state index in [1.54, 1.807) is 17.0 Å². The van der Waals surface area contributed by atoms with Crippen LogP contribution in [0.5, 0.6) is 0 Å². The van der Waals surface area contributed by atoms with Gasteiger partial charge in [0.2, 0.25) is 0 Å². The van der Waals surface area contributed by atoms with Crippen LogP contribution in [0.1, 0.15) is 48.2 Å². The second-order valence-electron chi connectivity index (χ2n) is 7.79. The SMILES string of the molecule is CC=Cc1ccc([C@@H]2[C@H](CO)N[C@H]2CN(C(=O)c2ccccc2F)C(C)C)cc1. The summed E-state index contributed by atoms with van der Waals surface area (Å²) < 4.78 is 14.2. The predicted octanol–water partition coefficient (Wildman–Crippen LogP) is 3.83. The van der Waals surface area contributed by atoms with Crippen LogP contribution in [0.4, 0.5) is 4.39 Å². The van der Waals surface area contributed by atoms with Gasteiger partial charge in [0.05, 0.1) is 12.2 Å². The summed E-state index contributed by atoms with van der Waals surface area (Å²) in [4.78, 5) is 14.7. The number of allylic oxidation sites excluding steroid dienone is 1. The van der Waals surface area contributed by atoms with E-state index in [1.807, 2.05) is 32.9 Å². The highest BCUT2D eigenvalue weighted by Crippen LogP contribution is 2.33.